The van der Waals surface area contributed by atoms with E-state index in [2.05, 4.69) is 10.3 Å². The molecule has 8 heteroatoms. The summed E-state index contributed by atoms with van der Waals surface area (Å²) >= 11 is 0. The van der Waals surface area contributed by atoms with Crippen LogP contribution in [0.15, 0.2) is 11.0 Å². The molecule has 136 valence electrons. The Morgan fingerprint density at radius 1 is 1.38 bits per heavy atom. The number of rotatable bonds is 3. The number of carboxylic acid groups (broad SMARTS) is 1. The largest absolute Gasteiger partial charge is 0.477 e. The Morgan fingerprint density at radius 2 is 2.15 bits per heavy atom. The second-order valence-electron chi connectivity index (χ2n) is 7.54. The van der Waals surface area contributed by atoms with Crippen molar-refractivity contribution in [2.75, 3.05) is 18.0 Å². The average Bonchev–Trinajstić information content (AvgIpc) is 3.23. The summed E-state index contributed by atoms with van der Waals surface area (Å²) in [5, 5.41) is 12.8. The molecular weight excluding hydrogens is 339 g/mol. The molecule has 0 spiro atoms. The van der Waals surface area contributed by atoms with Gasteiger partial charge >= 0.3 is 5.97 Å². The minimum absolute atomic E-state index is 0.0838. The number of nitrogens with zero attached hydrogens (tertiary/aromatic N) is 3. The Kier molecular flexibility index (Phi) is 3.19. The predicted molar refractivity (Wildman–Crippen MR) is 93.5 cm³/mol. The van der Waals surface area contributed by atoms with E-state index in [0.29, 0.717) is 18.2 Å². The number of aryl methyl sites for hydroxylation is 1. The predicted octanol–water partition coefficient (Wildman–Crippen LogP) is 1.43. The molecule has 2 atom stereocenters. The molecule has 2 aliphatic heterocycles. The molecule has 2 aromatic rings. The lowest BCUT2D eigenvalue weighted by Crippen LogP contribution is -2.44. The van der Waals surface area contributed by atoms with Crippen LogP contribution in [0.25, 0.3) is 11.0 Å². The Labute approximate surface area is 148 Å². The first-order valence-electron chi connectivity index (χ1n) is 8.94. The van der Waals surface area contributed by atoms with Gasteiger partial charge in [-0.25, -0.2) is 14.2 Å². The molecule has 26 heavy (non-hydrogen) atoms. The van der Waals surface area contributed by atoms with Crippen molar-refractivity contribution in [3.63, 3.8) is 0 Å². The zero-order valence-corrected chi connectivity index (χ0v) is 14.3. The minimum Gasteiger partial charge on any atom is -0.477 e. The third-order valence-corrected chi connectivity index (χ3v) is 5.82. The van der Waals surface area contributed by atoms with Gasteiger partial charge in [0.2, 0.25) is 5.43 Å². The first-order valence-corrected chi connectivity index (χ1v) is 8.94. The summed E-state index contributed by atoms with van der Waals surface area (Å²) in [5.41, 5.74) is -0.411. The molecule has 2 N–H and O–H groups in total. The van der Waals surface area contributed by atoms with Crippen LogP contribution in [0.3, 0.4) is 0 Å². The van der Waals surface area contributed by atoms with E-state index in [1.54, 1.807) is 11.5 Å². The van der Waals surface area contributed by atoms with E-state index < -0.39 is 17.2 Å². The van der Waals surface area contributed by atoms with E-state index in [1.165, 1.54) is 6.20 Å². The molecule has 2 unspecified atom stereocenters. The SMILES string of the molecule is Cc1c(F)c(N2CC3CC2CN3)nc2c1c(=O)c(C(=O)O)cn2C1CC1. The molecule has 7 nitrogen and oxygen atoms in total. The number of aromatic nitrogens is 2. The highest BCUT2D eigenvalue weighted by atomic mass is 19.1. The summed E-state index contributed by atoms with van der Waals surface area (Å²) in [6.45, 7) is 3.04. The van der Waals surface area contributed by atoms with E-state index in [1.807, 2.05) is 4.90 Å². The highest BCUT2D eigenvalue weighted by Crippen LogP contribution is 2.39. The fourth-order valence-electron chi connectivity index (χ4n) is 4.30. The van der Waals surface area contributed by atoms with Crippen molar-refractivity contribution in [2.24, 2.45) is 0 Å². The van der Waals surface area contributed by atoms with Gasteiger partial charge in [-0.2, -0.15) is 0 Å². The van der Waals surface area contributed by atoms with Crippen LogP contribution in [0.1, 0.15) is 41.2 Å². The van der Waals surface area contributed by atoms with Crippen LogP contribution < -0.4 is 15.6 Å². The summed E-state index contributed by atoms with van der Waals surface area (Å²) < 4.78 is 16.9. The fourth-order valence-corrected chi connectivity index (χ4v) is 4.30. The van der Waals surface area contributed by atoms with Crippen LogP contribution >= 0.6 is 0 Å². The first-order chi connectivity index (χ1) is 12.5. The van der Waals surface area contributed by atoms with Gasteiger partial charge < -0.3 is 19.9 Å². The Balaban J connectivity index is 1.79. The smallest absolute Gasteiger partial charge is 0.341 e. The summed E-state index contributed by atoms with van der Waals surface area (Å²) in [5.74, 6) is -1.54. The number of piperazine rings is 1. The molecule has 0 aromatic carbocycles. The molecule has 2 aromatic heterocycles. The van der Waals surface area contributed by atoms with Crippen molar-refractivity contribution in [2.45, 2.75) is 44.3 Å². The Bertz CT molecular complexity index is 1010. The molecule has 1 saturated carbocycles. The molecular formula is C18H19FN4O3. The van der Waals surface area contributed by atoms with Gasteiger partial charge in [-0.15, -0.1) is 0 Å². The number of anilines is 1. The molecule has 5 rings (SSSR count). The number of hydrogen-bond acceptors (Lipinski definition) is 5. The van der Waals surface area contributed by atoms with Gasteiger partial charge in [-0.3, -0.25) is 4.79 Å². The van der Waals surface area contributed by atoms with Gasteiger partial charge in [0, 0.05) is 43.0 Å². The normalized spacial score (nSPS) is 24.6. The van der Waals surface area contributed by atoms with Gasteiger partial charge in [0.05, 0.1) is 5.39 Å². The van der Waals surface area contributed by atoms with Crippen molar-refractivity contribution in [1.82, 2.24) is 14.9 Å². The second kappa shape index (κ2) is 5.26. The lowest BCUT2D eigenvalue weighted by atomic mass is 10.1. The molecule has 4 heterocycles. The topological polar surface area (TPSA) is 87.5 Å². The van der Waals surface area contributed by atoms with Gasteiger partial charge in [0.1, 0.15) is 11.2 Å². The number of pyridine rings is 2. The van der Waals surface area contributed by atoms with Crippen molar-refractivity contribution in [3.8, 4) is 0 Å². The highest BCUT2D eigenvalue weighted by Gasteiger charge is 2.40. The van der Waals surface area contributed by atoms with Crippen molar-refractivity contribution >= 4 is 22.8 Å². The van der Waals surface area contributed by atoms with Crippen LogP contribution in [-0.4, -0.2) is 45.8 Å². The number of hydrogen-bond donors (Lipinski definition) is 2. The molecule has 2 saturated heterocycles. The van der Waals surface area contributed by atoms with Crippen LogP contribution in [0.5, 0.6) is 0 Å². The minimum atomic E-state index is -1.29. The number of halogens is 1. The number of nitrogens with one attached hydrogen (secondary N) is 1. The van der Waals surface area contributed by atoms with E-state index in [4.69, 9.17) is 0 Å². The molecule has 3 fully saturated rings. The van der Waals surface area contributed by atoms with Gasteiger partial charge in [-0.05, 0) is 26.2 Å². The zero-order chi connectivity index (χ0) is 18.2. The van der Waals surface area contributed by atoms with E-state index in [9.17, 15) is 14.7 Å². The number of carboxylic acids is 1. The quantitative estimate of drug-likeness (QED) is 0.863. The standard InChI is InChI=1S/C18H19FN4O3/c1-8-13-15(24)12(18(25)26)7-23(10-2-3-10)16(13)21-17(14(8)19)22-6-9-4-11(22)5-20-9/h7,9-11,20H,2-6H2,1H3,(H,25,26). The molecule has 3 aliphatic rings. The van der Waals surface area contributed by atoms with Gasteiger partial charge in [-0.1, -0.05) is 0 Å². The Morgan fingerprint density at radius 3 is 2.73 bits per heavy atom. The third-order valence-electron chi connectivity index (χ3n) is 5.82. The molecule has 1 aliphatic carbocycles. The summed E-state index contributed by atoms with van der Waals surface area (Å²) in [4.78, 5) is 30.7. The maximum atomic E-state index is 15.1. The van der Waals surface area contributed by atoms with Gasteiger partial charge in [0.15, 0.2) is 11.6 Å². The zero-order valence-electron chi connectivity index (χ0n) is 14.3. The maximum absolute atomic E-state index is 15.1. The molecule has 0 amide bonds. The van der Waals surface area contributed by atoms with Gasteiger partial charge in [0.25, 0.3) is 0 Å². The number of aromatic carboxylic acids is 1. The van der Waals surface area contributed by atoms with Crippen LogP contribution in [0.4, 0.5) is 10.2 Å². The lowest BCUT2D eigenvalue weighted by molar-refractivity contribution is 0.0695. The average molecular weight is 358 g/mol. The first kappa shape index (κ1) is 15.7. The third kappa shape index (κ3) is 2.11. The van der Waals surface area contributed by atoms with Crippen LogP contribution in [-0.2, 0) is 0 Å². The maximum Gasteiger partial charge on any atom is 0.341 e. The second-order valence-corrected chi connectivity index (χ2v) is 7.54. The molecule has 0 radical (unpaired) electrons. The van der Waals surface area contributed by atoms with E-state index >= 15 is 4.39 Å². The summed E-state index contributed by atoms with van der Waals surface area (Å²) in [7, 11) is 0. The summed E-state index contributed by atoms with van der Waals surface area (Å²) in [6, 6.07) is 0.675. The number of fused-ring (bicyclic) bond motifs is 3. The fraction of sp³-hybridized carbons (Fsp3) is 0.500. The Hall–Kier alpha value is -2.48. The van der Waals surface area contributed by atoms with Crippen LogP contribution in [0.2, 0.25) is 0 Å². The molecule has 2 bridgehead atoms. The highest BCUT2D eigenvalue weighted by molar-refractivity contribution is 5.93. The van der Waals surface area contributed by atoms with Crippen molar-refractivity contribution in [3.05, 3.63) is 33.4 Å². The van der Waals surface area contributed by atoms with Crippen LogP contribution in [0, 0.1) is 12.7 Å². The van der Waals surface area contributed by atoms with Crippen molar-refractivity contribution < 1.29 is 14.3 Å². The monoisotopic (exact) mass is 358 g/mol. The summed E-state index contributed by atoms with van der Waals surface area (Å²) in [6.07, 6.45) is 4.15. The lowest BCUT2D eigenvalue weighted by Gasteiger charge is -2.29. The number of carbonyl (C=O) groups is 1. The van der Waals surface area contributed by atoms with E-state index in [-0.39, 0.29) is 34.4 Å². The van der Waals surface area contributed by atoms with Crippen molar-refractivity contribution in [1.29, 1.82) is 0 Å². The van der Waals surface area contributed by atoms with E-state index in [0.717, 1.165) is 25.8 Å².